The van der Waals surface area contributed by atoms with E-state index in [0.717, 1.165) is 36.6 Å². The first-order chi connectivity index (χ1) is 13.7. The highest BCUT2D eigenvalue weighted by Crippen LogP contribution is 2.28. The van der Waals surface area contributed by atoms with Crippen molar-refractivity contribution in [2.75, 3.05) is 15.9 Å². The van der Waals surface area contributed by atoms with Crippen molar-refractivity contribution >= 4 is 27.3 Å². The van der Waals surface area contributed by atoms with Gasteiger partial charge in [-0.15, -0.1) is 0 Å². The SMILES string of the molecule is CCCCc1ccc(NC(=O)[C@@H](CC)N(c2cc(C)ccc2C)S(C)(=O)=O)cc1. The molecule has 0 fully saturated rings. The molecule has 0 unspecified atom stereocenters. The molecule has 0 spiro atoms. The van der Waals surface area contributed by atoms with Gasteiger partial charge in [0, 0.05) is 5.69 Å². The van der Waals surface area contributed by atoms with E-state index in [4.69, 9.17) is 0 Å². The Balaban J connectivity index is 2.30. The lowest BCUT2D eigenvalue weighted by Crippen LogP contribution is -2.47. The minimum absolute atomic E-state index is 0.333. The molecule has 0 radical (unpaired) electrons. The number of anilines is 2. The molecule has 5 nitrogen and oxygen atoms in total. The zero-order valence-electron chi connectivity index (χ0n) is 18.0. The number of carbonyl (C=O) groups is 1. The molecule has 0 saturated carbocycles. The number of hydrogen-bond acceptors (Lipinski definition) is 3. The topological polar surface area (TPSA) is 66.5 Å². The molecule has 0 aliphatic rings. The molecule has 1 atom stereocenters. The molecule has 1 N–H and O–H groups in total. The Bertz CT molecular complexity index is 937. The molecule has 1 amide bonds. The predicted molar refractivity (Wildman–Crippen MR) is 121 cm³/mol. The fraction of sp³-hybridized carbons (Fsp3) is 0.435. The van der Waals surface area contributed by atoms with Crippen LogP contribution in [0.4, 0.5) is 11.4 Å². The number of nitrogens with one attached hydrogen (secondary N) is 1. The first-order valence-corrected chi connectivity index (χ1v) is 12.0. The lowest BCUT2D eigenvalue weighted by molar-refractivity contribution is -0.117. The Kier molecular flexibility index (Phi) is 7.85. The molecule has 2 aromatic carbocycles. The molecule has 158 valence electrons. The summed E-state index contributed by atoms with van der Waals surface area (Å²) >= 11 is 0. The third-order valence-electron chi connectivity index (χ3n) is 4.97. The van der Waals surface area contributed by atoms with Crippen molar-refractivity contribution in [2.45, 2.75) is 59.4 Å². The van der Waals surface area contributed by atoms with Crippen LogP contribution in [0.3, 0.4) is 0 Å². The van der Waals surface area contributed by atoms with Gasteiger partial charge in [-0.3, -0.25) is 9.10 Å². The summed E-state index contributed by atoms with van der Waals surface area (Å²) in [5.41, 5.74) is 4.20. The van der Waals surface area contributed by atoms with Crippen LogP contribution in [0, 0.1) is 13.8 Å². The lowest BCUT2D eigenvalue weighted by Gasteiger charge is -2.31. The number of unbranched alkanes of at least 4 members (excludes halogenated alkanes) is 1. The monoisotopic (exact) mass is 416 g/mol. The van der Waals surface area contributed by atoms with Crippen molar-refractivity contribution < 1.29 is 13.2 Å². The Morgan fingerprint density at radius 3 is 2.28 bits per heavy atom. The Morgan fingerprint density at radius 2 is 1.72 bits per heavy atom. The second-order valence-electron chi connectivity index (χ2n) is 7.56. The number of rotatable bonds is 9. The smallest absolute Gasteiger partial charge is 0.248 e. The van der Waals surface area contributed by atoms with Crippen LogP contribution < -0.4 is 9.62 Å². The molecule has 0 aromatic heterocycles. The second-order valence-corrected chi connectivity index (χ2v) is 9.42. The van der Waals surface area contributed by atoms with E-state index in [9.17, 15) is 13.2 Å². The zero-order chi connectivity index (χ0) is 21.6. The van der Waals surface area contributed by atoms with Crippen LogP contribution in [0.25, 0.3) is 0 Å². The molecule has 0 saturated heterocycles. The molecule has 0 heterocycles. The Hall–Kier alpha value is -2.34. The maximum atomic E-state index is 13.0. The molecule has 0 bridgehead atoms. The van der Waals surface area contributed by atoms with Crippen LogP contribution in [0.5, 0.6) is 0 Å². The van der Waals surface area contributed by atoms with Gasteiger partial charge in [-0.2, -0.15) is 0 Å². The fourth-order valence-electron chi connectivity index (χ4n) is 3.35. The van der Waals surface area contributed by atoms with E-state index in [2.05, 4.69) is 12.2 Å². The summed E-state index contributed by atoms with van der Waals surface area (Å²) in [5.74, 6) is -0.333. The highest BCUT2D eigenvalue weighted by atomic mass is 32.2. The van der Waals surface area contributed by atoms with Crippen molar-refractivity contribution in [1.29, 1.82) is 0 Å². The number of hydrogen-bond donors (Lipinski definition) is 1. The average molecular weight is 417 g/mol. The number of carbonyl (C=O) groups excluding carboxylic acids is 1. The largest absolute Gasteiger partial charge is 0.324 e. The molecule has 0 aliphatic carbocycles. The third kappa shape index (κ3) is 6.07. The molecule has 29 heavy (non-hydrogen) atoms. The highest BCUT2D eigenvalue weighted by molar-refractivity contribution is 7.92. The van der Waals surface area contributed by atoms with Gasteiger partial charge < -0.3 is 5.32 Å². The summed E-state index contributed by atoms with van der Waals surface area (Å²) in [6.45, 7) is 7.74. The third-order valence-corrected chi connectivity index (χ3v) is 6.14. The molecular formula is C23H32N2O3S. The van der Waals surface area contributed by atoms with Crippen LogP contribution in [0.2, 0.25) is 0 Å². The van der Waals surface area contributed by atoms with Gasteiger partial charge in [0.15, 0.2) is 0 Å². The van der Waals surface area contributed by atoms with E-state index in [0.29, 0.717) is 17.8 Å². The second kappa shape index (κ2) is 9.92. The minimum atomic E-state index is -3.65. The van der Waals surface area contributed by atoms with E-state index in [1.165, 1.54) is 9.87 Å². The summed E-state index contributed by atoms with van der Waals surface area (Å²) in [5, 5.41) is 2.89. The maximum absolute atomic E-state index is 13.0. The van der Waals surface area contributed by atoms with E-state index < -0.39 is 16.1 Å². The molecule has 2 aromatic rings. The number of sulfonamides is 1. The molecular weight excluding hydrogens is 384 g/mol. The Morgan fingerprint density at radius 1 is 1.07 bits per heavy atom. The van der Waals surface area contributed by atoms with Gasteiger partial charge in [-0.25, -0.2) is 8.42 Å². The number of aryl methyl sites for hydroxylation is 3. The van der Waals surface area contributed by atoms with Crippen molar-refractivity contribution in [3.05, 3.63) is 59.2 Å². The summed E-state index contributed by atoms with van der Waals surface area (Å²) in [4.78, 5) is 13.0. The van der Waals surface area contributed by atoms with Crippen LogP contribution in [-0.2, 0) is 21.2 Å². The van der Waals surface area contributed by atoms with Crippen LogP contribution in [0.1, 0.15) is 49.8 Å². The lowest BCUT2D eigenvalue weighted by atomic mass is 10.1. The predicted octanol–water partition coefficient (Wildman–Crippen LogP) is 4.83. The summed E-state index contributed by atoms with van der Waals surface area (Å²) in [6, 6.07) is 12.6. The normalized spacial score (nSPS) is 12.4. The molecule has 6 heteroatoms. The quantitative estimate of drug-likeness (QED) is 0.637. The van der Waals surface area contributed by atoms with Crippen LogP contribution in [0.15, 0.2) is 42.5 Å². The van der Waals surface area contributed by atoms with Gasteiger partial charge in [0.25, 0.3) is 0 Å². The standard InChI is InChI=1S/C23H32N2O3S/c1-6-8-9-19-12-14-20(15-13-19)24-23(26)21(7-2)25(29(5,27)28)22-16-17(3)10-11-18(22)4/h10-16,21H,6-9H2,1-5H3,(H,24,26)/t21-/m1/s1. The van der Waals surface area contributed by atoms with Gasteiger partial charge >= 0.3 is 0 Å². The molecule has 2 rings (SSSR count). The Labute approximate surface area is 175 Å². The van der Waals surface area contributed by atoms with Crippen molar-refractivity contribution in [3.63, 3.8) is 0 Å². The maximum Gasteiger partial charge on any atom is 0.248 e. The first kappa shape index (κ1) is 22.9. The zero-order valence-corrected chi connectivity index (χ0v) is 18.8. The van der Waals surface area contributed by atoms with Crippen LogP contribution >= 0.6 is 0 Å². The molecule has 0 aliphatic heterocycles. The van der Waals surface area contributed by atoms with Crippen LogP contribution in [-0.4, -0.2) is 26.6 Å². The van der Waals surface area contributed by atoms with E-state index in [1.54, 1.807) is 0 Å². The van der Waals surface area contributed by atoms with E-state index >= 15 is 0 Å². The number of nitrogens with zero attached hydrogens (tertiary/aromatic N) is 1. The van der Waals surface area contributed by atoms with Gasteiger partial charge in [-0.05, 0) is 68.0 Å². The van der Waals surface area contributed by atoms with Gasteiger partial charge in [0.2, 0.25) is 15.9 Å². The van der Waals surface area contributed by atoms with Crippen molar-refractivity contribution in [2.24, 2.45) is 0 Å². The number of benzene rings is 2. The fourth-order valence-corrected chi connectivity index (χ4v) is 4.61. The van der Waals surface area contributed by atoms with Gasteiger partial charge in [0.1, 0.15) is 6.04 Å². The van der Waals surface area contributed by atoms with Crippen molar-refractivity contribution in [3.8, 4) is 0 Å². The van der Waals surface area contributed by atoms with Gasteiger partial charge in [0.05, 0.1) is 11.9 Å². The summed E-state index contributed by atoms with van der Waals surface area (Å²) in [7, 11) is -3.65. The average Bonchev–Trinajstić information content (AvgIpc) is 2.66. The van der Waals surface area contributed by atoms with E-state index in [1.807, 2.05) is 63.2 Å². The highest BCUT2D eigenvalue weighted by Gasteiger charge is 2.32. The van der Waals surface area contributed by atoms with Gasteiger partial charge in [-0.1, -0.05) is 44.5 Å². The first-order valence-electron chi connectivity index (χ1n) is 10.1. The number of amides is 1. The minimum Gasteiger partial charge on any atom is -0.324 e. The van der Waals surface area contributed by atoms with E-state index in [-0.39, 0.29) is 5.91 Å². The van der Waals surface area contributed by atoms with Crippen molar-refractivity contribution in [1.82, 2.24) is 0 Å². The summed E-state index contributed by atoms with van der Waals surface area (Å²) < 4.78 is 26.5. The summed E-state index contributed by atoms with van der Waals surface area (Å²) in [6.07, 6.45) is 4.78.